The summed E-state index contributed by atoms with van der Waals surface area (Å²) in [6.07, 6.45) is 3.52. The number of aromatic hydroxyl groups is 1. The first kappa shape index (κ1) is 18.3. The number of thiophene rings is 1. The molecule has 0 unspecified atom stereocenters. The number of hydrogen-bond acceptors (Lipinski definition) is 6. The molecule has 0 spiro atoms. The van der Waals surface area contributed by atoms with Crippen molar-refractivity contribution in [1.82, 2.24) is 15.0 Å². The first-order valence-electron chi connectivity index (χ1n) is 7.76. The molecule has 9 heteroatoms. The maximum absolute atomic E-state index is 12.4. The molecule has 2 aromatic heterocycles. The fourth-order valence-electron chi connectivity index (χ4n) is 2.29. The van der Waals surface area contributed by atoms with Gasteiger partial charge in [-0.25, -0.2) is 10.4 Å². The number of phenols is 1. The van der Waals surface area contributed by atoms with Crippen LogP contribution in [-0.2, 0) is 17.8 Å². The summed E-state index contributed by atoms with van der Waals surface area (Å²) >= 11 is 4.77. The van der Waals surface area contributed by atoms with Crippen LogP contribution in [0.3, 0.4) is 0 Å². The number of carbonyl (C=O) groups excluding carboxylic acids is 1. The fraction of sp³-hybridized carbons (Fsp3) is 0.176. The molecule has 3 aromatic rings. The van der Waals surface area contributed by atoms with Gasteiger partial charge in [-0.05, 0) is 30.7 Å². The summed E-state index contributed by atoms with van der Waals surface area (Å²) in [4.78, 5) is 30.5. The van der Waals surface area contributed by atoms with Crippen molar-refractivity contribution in [2.75, 3.05) is 0 Å². The first-order valence-corrected chi connectivity index (χ1v) is 9.37. The number of halogens is 1. The van der Waals surface area contributed by atoms with E-state index in [0.717, 1.165) is 15.8 Å². The highest BCUT2D eigenvalue weighted by Gasteiger charge is 2.10. The molecule has 0 fully saturated rings. The van der Waals surface area contributed by atoms with Gasteiger partial charge in [0.2, 0.25) is 0 Å². The Balaban J connectivity index is 1.71. The summed E-state index contributed by atoms with van der Waals surface area (Å²) in [6, 6.07) is 6.68. The van der Waals surface area contributed by atoms with Crippen LogP contribution < -0.4 is 11.0 Å². The van der Waals surface area contributed by atoms with Gasteiger partial charge in [0.25, 0.3) is 11.5 Å². The molecule has 26 heavy (non-hydrogen) atoms. The summed E-state index contributed by atoms with van der Waals surface area (Å²) in [5.74, 6) is -0.425. The molecule has 0 aliphatic heterocycles. The molecule has 2 heterocycles. The minimum absolute atomic E-state index is 0.0428. The van der Waals surface area contributed by atoms with Crippen molar-refractivity contribution in [3.05, 3.63) is 55.9 Å². The largest absolute Gasteiger partial charge is 0.507 e. The van der Waals surface area contributed by atoms with Gasteiger partial charge in [0.1, 0.15) is 17.1 Å². The van der Waals surface area contributed by atoms with Gasteiger partial charge < -0.3 is 5.11 Å². The van der Waals surface area contributed by atoms with Crippen LogP contribution in [-0.4, -0.2) is 26.8 Å². The lowest BCUT2D eigenvalue weighted by Gasteiger charge is -2.04. The Kier molecular flexibility index (Phi) is 5.48. The summed E-state index contributed by atoms with van der Waals surface area (Å²) in [7, 11) is 0. The third kappa shape index (κ3) is 4.00. The van der Waals surface area contributed by atoms with Crippen molar-refractivity contribution in [1.29, 1.82) is 0 Å². The Hall–Kier alpha value is -2.52. The fourth-order valence-corrected chi connectivity index (χ4v) is 3.59. The molecule has 0 bridgehead atoms. The lowest BCUT2D eigenvalue weighted by molar-refractivity contribution is -0.121. The molecule has 0 saturated carbocycles. The van der Waals surface area contributed by atoms with Gasteiger partial charge >= 0.3 is 0 Å². The average molecular weight is 435 g/mol. The SMILES string of the molecule is CCc1cc2c(=O)n(CC(=O)NN=Cc3cc(Br)ccc3O)cnc2s1. The Morgan fingerprint density at radius 3 is 3.04 bits per heavy atom. The molecule has 0 saturated heterocycles. The number of phenolic OH excluding ortho intramolecular Hbond substituents is 1. The van der Waals surface area contributed by atoms with Gasteiger partial charge in [-0.3, -0.25) is 14.2 Å². The number of aromatic nitrogens is 2. The van der Waals surface area contributed by atoms with E-state index in [0.29, 0.717) is 15.8 Å². The van der Waals surface area contributed by atoms with Crippen molar-refractivity contribution in [3.8, 4) is 5.75 Å². The highest BCUT2D eigenvalue weighted by atomic mass is 79.9. The van der Waals surface area contributed by atoms with E-state index in [4.69, 9.17) is 0 Å². The van der Waals surface area contributed by atoms with Crippen molar-refractivity contribution in [2.24, 2.45) is 5.10 Å². The van der Waals surface area contributed by atoms with Gasteiger partial charge in [0, 0.05) is 14.9 Å². The predicted molar refractivity (Wildman–Crippen MR) is 105 cm³/mol. The Morgan fingerprint density at radius 1 is 1.46 bits per heavy atom. The Morgan fingerprint density at radius 2 is 2.27 bits per heavy atom. The van der Waals surface area contributed by atoms with E-state index in [-0.39, 0.29) is 17.9 Å². The number of hydrogen-bond donors (Lipinski definition) is 2. The predicted octanol–water partition coefficient (Wildman–Crippen LogP) is 2.64. The molecular formula is C17H15BrN4O3S. The van der Waals surface area contributed by atoms with Crippen LogP contribution >= 0.6 is 27.3 Å². The second-order valence-electron chi connectivity index (χ2n) is 5.46. The molecule has 0 radical (unpaired) electrons. The highest BCUT2D eigenvalue weighted by molar-refractivity contribution is 9.10. The van der Waals surface area contributed by atoms with Crippen molar-refractivity contribution in [3.63, 3.8) is 0 Å². The molecule has 1 amide bonds. The first-order chi connectivity index (χ1) is 12.5. The van der Waals surface area contributed by atoms with E-state index in [1.54, 1.807) is 12.1 Å². The molecule has 0 aliphatic carbocycles. The highest BCUT2D eigenvalue weighted by Crippen LogP contribution is 2.21. The summed E-state index contributed by atoms with van der Waals surface area (Å²) in [6.45, 7) is 1.82. The number of aryl methyl sites for hydroxylation is 1. The molecule has 3 rings (SSSR count). The second-order valence-corrected chi connectivity index (χ2v) is 7.49. The average Bonchev–Trinajstić information content (AvgIpc) is 3.05. The van der Waals surface area contributed by atoms with Gasteiger partial charge in [0.15, 0.2) is 0 Å². The number of nitrogens with one attached hydrogen (secondary N) is 1. The molecule has 134 valence electrons. The maximum atomic E-state index is 12.4. The molecular weight excluding hydrogens is 420 g/mol. The standard InChI is InChI=1S/C17H15BrN4O3S/c1-2-12-6-13-16(26-12)19-9-22(17(13)25)8-15(24)21-20-7-10-5-11(18)3-4-14(10)23/h3-7,9,23H,2,8H2,1H3,(H,21,24). The van der Waals surface area contributed by atoms with E-state index in [9.17, 15) is 14.7 Å². The summed E-state index contributed by atoms with van der Waals surface area (Å²) in [5.41, 5.74) is 2.53. The van der Waals surface area contributed by atoms with E-state index < -0.39 is 5.91 Å². The lowest BCUT2D eigenvalue weighted by atomic mass is 10.2. The number of hydrazone groups is 1. The normalized spacial score (nSPS) is 11.3. The van der Waals surface area contributed by atoms with E-state index in [1.165, 1.54) is 34.5 Å². The lowest BCUT2D eigenvalue weighted by Crippen LogP contribution is -2.29. The third-order valence-electron chi connectivity index (χ3n) is 3.61. The van der Waals surface area contributed by atoms with Gasteiger partial charge in [0.05, 0.1) is 17.9 Å². The number of fused-ring (bicyclic) bond motifs is 1. The van der Waals surface area contributed by atoms with Crippen LogP contribution in [0.25, 0.3) is 10.2 Å². The zero-order valence-electron chi connectivity index (χ0n) is 13.8. The number of nitrogens with zero attached hydrogens (tertiary/aromatic N) is 3. The van der Waals surface area contributed by atoms with E-state index in [2.05, 4.69) is 31.4 Å². The van der Waals surface area contributed by atoms with Gasteiger partial charge in [-0.1, -0.05) is 22.9 Å². The van der Waals surface area contributed by atoms with E-state index in [1.807, 2.05) is 13.0 Å². The molecule has 2 N–H and O–H groups in total. The zero-order chi connectivity index (χ0) is 18.7. The van der Waals surface area contributed by atoms with Crippen LogP contribution in [0.15, 0.2) is 45.0 Å². The number of rotatable bonds is 5. The maximum Gasteiger partial charge on any atom is 0.262 e. The second kappa shape index (κ2) is 7.79. The molecule has 0 atom stereocenters. The molecule has 7 nitrogen and oxygen atoms in total. The monoisotopic (exact) mass is 434 g/mol. The Labute approximate surface area is 161 Å². The van der Waals surface area contributed by atoms with Crippen molar-refractivity contribution < 1.29 is 9.90 Å². The minimum atomic E-state index is -0.468. The van der Waals surface area contributed by atoms with Gasteiger partial charge in [-0.15, -0.1) is 11.3 Å². The Bertz CT molecular complexity index is 1060. The quantitative estimate of drug-likeness (QED) is 0.476. The molecule has 0 aliphatic rings. The van der Waals surface area contributed by atoms with Crippen molar-refractivity contribution in [2.45, 2.75) is 19.9 Å². The van der Waals surface area contributed by atoms with Crippen LogP contribution in [0.1, 0.15) is 17.4 Å². The molecule has 1 aromatic carbocycles. The zero-order valence-corrected chi connectivity index (χ0v) is 16.2. The van der Waals surface area contributed by atoms with Crippen LogP contribution in [0.2, 0.25) is 0 Å². The van der Waals surface area contributed by atoms with Crippen LogP contribution in [0.4, 0.5) is 0 Å². The van der Waals surface area contributed by atoms with Crippen molar-refractivity contribution >= 4 is 49.6 Å². The van der Waals surface area contributed by atoms with Crippen LogP contribution in [0.5, 0.6) is 5.75 Å². The number of benzene rings is 1. The third-order valence-corrected chi connectivity index (χ3v) is 5.29. The smallest absolute Gasteiger partial charge is 0.262 e. The minimum Gasteiger partial charge on any atom is -0.507 e. The summed E-state index contributed by atoms with van der Waals surface area (Å²) in [5, 5.41) is 14.0. The topological polar surface area (TPSA) is 96.6 Å². The van der Waals surface area contributed by atoms with Gasteiger partial charge in [-0.2, -0.15) is 5.10 Å². The summed E-state index contributed by atoms with van der Waals surface area (Å²) < 4.78 is 2.02. The van der Waals surface area contributed by atoms with E-state index >= 15 is 0 Å². The number of amides is 1. The number of carbonyl (C=O) groups is 1. The van der Waals surface area contributed by atoms with Crippen LogP contribution in [0, 0.1) is 0 Å².